The molecule has 0 atom stereocenters. The first-order valence-electron chi connectivity index (χ1n) is 5.04. The van der Waals surface area contributed by atoms with Gasteiger partial charge in [-0.05, 0) is 45.6 Å². The van der Waals surface area contributed by atoms with Crippen molar-refractivity contribution in [3.63, 3.8) is 0 Å². The molecule has 0 saturated carbocycles. The molecule has 1 rings (SSSR count). The first-order chi connectivity index (χ1) is 6.13. The highest BCUT2D eigenvalue weighted by Crippen LogP contribution is 2.24. The van der Waals surface area contributed by atoms with Gasteiger partial charge in [-0.3, -0.25) is 4.99 Å². The van der Waals surface area contributed by atoms with Crippen molar-refractivity contribution in [3.8, 4) is 0 Å². The van der Waals surface area contributed by atoms with Crippen LogP contribution in [0.4, 0.5) is 0 Å². The van der Waals surface area contributed by atoms with Gasteiger partial charge >= 0.3 is 0 Å². The highest BCUT2D eigenvalue weighted by atomic mass is 14.8. The maximum Gasteiger partial charge on any atom is 0.0435 e. The van der Waals surface area contributed by atoms with Crippen LogP contribution in [-0.4, -0.2) is 5.71 Å². The van der Waals surface area contributed by atoms with Crippen LogP contribution in [0.15, 0.2) is 27.9 Å². The molecule has 0 spiro atoms. The Hall–Kier alpha value is -0.850. The minimum atomic E-state index is 1.06. The number of rotatable bonds is 2. The maximum atomic E-state index is 4.62. The van der Waals surface area contributed by atoms with Gasteiger partial charge in [0.05, 0.1) is 0 Å². The van der Waals surface area contributed by atoms with Crippen LogP contribution in [0.1, 0.15) is 47.0 Å². The smallest absolute Gasteiger partial charge is 0.0435 e. The third kappa shape index (κ3) is 2.83. The maximum absolute atomic E-state index is 4.62. The van der Waals surface area contributed by atoms with Gasteiger partial charge in [0.2, 0.25) is 0 Å². The van der Waals surface area contributed by atoms with E-state index < -0.39 is 0 Å². The standard InChI is InChI=1S/C12H19N/c1-5-11(4)13-12-7-6-9(2)8-10(12)3/h8H,5-7H2,1-4H3. The van der Waals surface area contributed by atoms with Gasteiger partial charge in [-0.2, -0.15) is 0 Å². The average Bonchev–Trinajstić information content (AvgIpc) is 2.09. The monoisotopic (exact) mass is 177 g/mol. The van der Waals surface area contributed by atoms with E-state index in [1.54, 1.807) is 0 Å². The SMILES string of the molecule is CCC(C)=NC1=C(C)C=C(C)CC1. The molecule has 0 amide bonds. The quantitative estimate of drug-likeness (QED) is 0.568. The molecule has 1 aliphatic rings. The Kier molecular flexibility index (Phi) is 3.47. The number of hydrogen-bond acceptors (Lipinski definition) is 1. The van der Waals surface area contributed by atoms with Gasteiger partial charge in [-0.25, -0.2) is 0 Å². The molecular formula is C12H19N. The first kappa shape index (κ1) is 10.2. The van der Waals surface area contributed by atoms with E-state index in [4.69, 9.17) is 0 Å². The van der Waals surface area contributed by atoms with Gasteiger partial charge < -0.3 is 0 Å². The second kappa shape index (κ2) is 4.40. The van der Waals surface area contributed by atoms with Crippen LogP contribution in [-0.2, 0) is 0 Å². The van der Waals surface area contributed by atoms with Crippen LogP contribution >= 0.6 is 0 Å². The third-order valence-corrected chi connectivity index (χ3v) is 2.51. The highest BCUT2D eigenvalue weighted by molar-refractivity contribution is 5.82. The van der Waals surface area contributed by atoms with Crippen LogP contribution < -0.4 is 0 Å². The molecule has 0 aromatic carbocycles. The molecule has 0 saturated heterocycles. The van der Waals surface area contributed by atoms with Gasteiger partial charge in [0.1, 0.15) is 0 Å². The molecule has 0 bridgehead atoms. The van der Waals surface area contributed by atoms with Crippen LogP contribution in [0.5, 0.6) is 0 Å². The second-order valence-corrected chi connectivity index (χ2v) is 3.82. The van der Waals surface area contributed by atoms with Gasteiger partial charge in [-0.1, -0.05) is 18.6 Å². The summed E-state index contributed by atoms with van der Waals surface area (Å²) in [4.78, 5) is 4.62. The van der Waals surface area contributed by atoms with E-state index in [0.29, 0.717) is 0 Å². The van der Waals surface area contributed by atoms with E-state index in [0.717, 1.165) is 12.8 Å². The van der Waals surface area contributed by atoms with Crippen molar-refractivity contribution in [2.45, 2.75) is 47.0 Å². The molecule has 0 radical (unpaired) electrons. The molecule has 1 nitrogen and oxygen atoms in total. The summed E-state index contributed by atoms with van der Waals surface area (Å²) in [7, 11) is 0. The molecule has 0 aromatic heterocycles. The van der Waals surface area contributed by atoms with Gasteiger partial charge in [-0.15, -0.1) is 0 Å². The molecule has 1 heteroatoms. The highest BCUT2D eigenvalue weighted by Gasteiger charge is 2.06. The minimum absolute atomic E-state index is 1.06. The van der Waals surface area contributed by atoms with Crippen molar-refractivity contribution in [3.05, 3.63) is 22.9 Å². The molecule has 0 aromatic rings. The molecule has 0 aliphatic heterocycles. The van der Waals surface area contributed by atoms with Crippen LogP contribution in [0.25, 0.3) is 0 Å². The molecule has 72 valence electrons. The van der Waals surface area contributed by atoms with Crippen LogP contribution in [0.3, 0.4) is 0 Å². The Morgan fingerprint density at radius 3 is 2.62 bits per heavy atom. The van der Waals surface area contributed by atoms with Crippen molar-refractivity contribution in [1.29, 1.82) is 0 Å². The summed E-state index contributed by atoms with van der Waals surface area (Å²) in [6.07, 6.45) is 5.60. The molecule has 0 N–H and O–H groups in total. The summed E-state index contributed by atoms with van der Waals surface area (Å²) < 4.78 is 0. The number of nitrogens with zero attached hydrogens (tertiary/aromatic N) is 1. The number of allylic oxidation sites excluding steroid dienone is 4. The predicted molar refractivity (Wildman–Crippen MR) is 59.1 cm³/mol. The van der Waals surface area contributed by atoms with E-state index in [9.17, 15) is 0 Å². The number of aliphatic imine (C=N–C) groups is 1. The van der Waals surface area contributed by atoms with Crippen molar-refractivity contribution in [1.82, 2.24) is 0 Å². The summed E-state index contributed by atoms with van der Waals surface area (Å²) >= 11 is 0. The zero-order valence-electron chi connectivity index (χ0n) is 9.15. The van der Waals surface area contributed by atoms with E-state index in [1.165, 1.54) is 29.0 Å². The fourth-order valence-electron chi connectivity index (χ4n) is 1.49. The predicted octanol–water partition coefficient (Wildman–Crippen LogP) is 3.87. The average molecular weight is 177 g/mol. The Morgan fingerprint density at radius 2 is 2.08 bits per heavy atom. The first-order valence-corrected chi connectivity index (χ1v) is 5.04. The summed E-state index contributed by atoms with van der Waals surface area (Å²) in [5.41, 5.74) is 5.34. The molecule has 13 heavy (non-hydrogen) atoms. The lowest BCUT2D eigenvalue weighted by Crippen LogP contribution is -1.97. The minimum Gasteiger partial charge on any atom is -0.262 e. The zero-order chi connectivity index (χ0) is 9.84. The zero-order valence-corrected chi connectivity index (χ0v) is 9.15. The Balaban J connectivity index is 2.86. The topological polar surface area (TPSA) is 12.4 Å². The van der Waals surface area contributed by atoms with Gasteiger partial charge in [0.25, 0.3) is 0 Å². The molecule has 0 heterocycles. The Bertz CT molecular complexity index is 279. The van der Waals surface area contributed by atoms with Gasteiger partial charge in [0, 0.05) is 11.4 Å². The van der Waals surface area contributed by atoms with Gasteiger partial charge in [0.15, 0.2) is 0 Å². The molecule has 0 unspecified atom stereocenters. The molecule has 0 fully saturated rings. The van der Waals surface area contributed by atoms with Crippen LogP contribution in [0, 0.1) is 0 Å². The van der Waals surface area contributed by atoms with Crippen molar-refractivity contribution >= 4 is 5.71 Å². The van der Waals surface area contributed by atoms with E-state index >= 15 is 0 Å². The summed E-state index contributed by atoms with van der Waals surface area (Å²) in [5, 5.41) is 0. The summed E-state index contributed by atoms with van der Waals surface area (Å²) in [6.45, 7) is 8.60. The lowest BCUT2D eigenvalue weighted by molar-refractivity contribution is 0.871. The van der Waals surface area contributed by atoms with Crippen molar-refractivity contribution < 1.29 is 0 Å². The van der Waals surface area contributed by atoms with Crippen molar-refractivity contribution in [2.75, 3.05) is 0 Å². The molecular weight excluding hydrogens is 158 g/mol. The fraction of sp³-hybridized carbons (Fsp3) is 0.583. The largest absolute Gasteiger partial charge is 0.262 e. The van der Waals surface area contributed by atoms with E-state index in [2.05, 4.69) is 38.8 Å². The Labute approximate surface area is 81.3 Å². The van der Waals surface area contributed by atoms with Crippen molar-refractivity contribution in [2.24, 2.45) is 4.99 Å². The van der Waals surface area contributed by atoms with E-state index in [-0.39, 0.29) is 0 Å². The summed E-state index contributed by atoms with van der Waals surface area (Å²) in [6, 6.07) is 0. The normalized spacial score (nSPS) is 19.1. The molecule has 1 aliphatic carbocycles. The van der Waals surface area contributed by atoms with E-state index in [1.807, 2.05) is 0 Å². The third-order valence-electron chi connectivity index (χ3n) is 2.51. The number of hydrogen-bond donors (Lipinski definition) is 0. The lowest BCUT2D eigenvalue weighted by Gasteiger charge is -2.13. The fourth-order valence-corrected chi connectivity index (χ4v) is 1.49. The lowest BCUT2D eigenvalue weighted by atomic mass is 9.99. The van der Waals surface area contributed by atoms with Crippen LogP contribution in [0.2, 0.25) is 0 Å². The summed E-state index contributed by atoms with van der Waals surface area (Å²) in [5.74, 6) is 0. The Morgan fingerprint density at radius 1 is 1.38 bits per heavy atom. The second-order valence-electron chi connectivity index (χ2n) is 3.82.